The molecule has 0 heterocycles. The van der Waals surface area contributed by atoms with Gasteiger partial charge in [0.2, 0.25) is 0 Å². The molecule has 0 aromatic heterocycles. The summed E-state index contributed by atoms with van der Waals surface area (Å²) in [7, 11) is 0. The number of aliphatic imine (C=N–C) groups is 1. The Balaban J connectivity index is 2.37. The van der Waals surface area contributed by atoms with E-state index in [4.69, 9.17) is 14.5 Å². The standard InChI is InChI=1S/C22H25NO4/c1-3-26-20(24)16-15-19(22(25)27-4-2)23-21(17-11-7-5-8-12-17)18-13-9-6-10-14-18/h5-14,19H,3-4,15-16H2,1-2H3. The summed E-state index contributed by atoms with van der Waals surface area (Å²) in [5, 5.41) is 0. The van der Waals surface area contributed by atoms with Gasteiger partial charge >= 0.3 is 11.9 Å². The molecule has 0 aliphatic heterocycles. The molecule has 142 valence electrons. The van der Waals surface area contributed by atoms with E-state index in [2.05, 4.69) is 0 Å². The molecule has 0 saturated carbocycles. The van der Waals surface area contributed by atoms with Crippen LogP contribution in [0, 0.1) is 0 Å². The van der Waals surface area contributed by atoms with E-state index in [1.165, 1.54) is 0 Å². The van der Waals surface area contributed by atoms with Crippen molar-refractivity contribution in [1.82, 2.24) is 0 Å². The van der Waals surface area contributed by atoms with Crippen molar-refractivity contribution in [1.29, 1.82) is 0 Å². The Labute approximate surface area is 160 Å². The van der Waals surface area contributed by atoms with E-state index in [0.717, 1.165) is 11.1 Å². The lowest BCUT2D eigenvalue weighted by Gasteiger charge is -2.15. The molecule has 0 aliphatic carbocycles. The molecule has 0 N–H and O–H groups in total. The maximum atomic E-state index is 12.4. The second-order valence-corrected chi connectivity index (χ2v) is 5.82. The van der Waals surface area contributed by atoms with Crippen molar-refractivity contribution in [3.05, 3.63) is 71.8 Å². The quantitative estimate of drug-likeness (QED) is 0.499. The summed E-state index contributed by atoms with van der Waals surface area (Å²) in [6, 6.07) is 18.5. The molecular formula is C22H25NO4. The van der Waals surface area contributed by atoms with E-state index in [1.54, 1.807) is 13.8 Å². The van der Waals surface area contributed by atoms with Gasteiger partial charge in [0.1, 0.15) is 6.04 Å². The van der Waals surface area contributed by atoms with E-state index in [1.807, 2.05) is 60.7 Å². The first-order chi connectivity index (χ1) is 13.2. The number of carbonyl (C=O) groups excluding carboxylic acids is 2. The second-order valence-electron chi connectivity index (χ2n) is 5.82. The lowest BCUT2D eigenvalue weighted by atomic mass is 10.0. The summed E-state index contributed by atoms with van der Waals surface area (Å²) < 4.78 is 10.1. The van der Waals surface area contributed by atoms with Crippen LogP contribution in [0.15, 0.2) is 65.7 Å². The van der Waals surface area contributed by atoms with Gasteiger partial charge in [0.05, 0.1) is 18.9 Å². The summed E-state index contributed by atoms with van der Waals surface area (Å²) in [5.74, 6) is -0.783. The van der Waals surface area contributed by atoms with Crippen LogP contribution in [0.5, 0.6) is 0 Å². The normalized spacial score (nSPS) is 11.3. The average molecular weight is 367 g/mol. The Morgan fingerprint density at radius 2 is 1.37 bits per heavy atom. The summed E-state index contributed by atoms with van der Waals surface area (Å²) in [4.78, 5) is 28.9. The van der Waals surface area contributed by atoms with Crippen LogP contribution in [0.4, 0.5) is 0 Å². The second kappa shape index (κ2) is 10.9. The van der Waals surface area contributed by atoms with Gasteiger partial charge < -0.3 is 9.47 Å². The molecule has 2 aromatic rings. The molecule has 0 aliphatic rings. The first-order valence-corrected chi connectivity index (χ1v) is 9.16. The fourth-order valence-corrected chi connectivity index (χ4v) is 2.62. The highest BCUT2D eigenvalue weighted by Gasteiger charge is 2.22. The lowest BCUT2D eigenvalue weighted by Crippen LogP contribution is -2.25. The van der Waals surface area contributed by atoms with Crippen LogP contribution in [0.1, 0.15) is 37.8 Å². The molecule has 0 spiro atoms. The monoisotopic (exact) mass is 367 g/mol. The molecular weight excluding hydrogens is 342 g/mol. The van der Waals surface area contributed by atoms with Crippen LogP contribution in [0.3, 0.4) is 0 Å². The number of benzene rings is 2. The van der Waals surface area contributed by atoms with Crippen LogP contribution in [0.25, 0.3) is 0 Å². The van der Waals surface area contributed by atoms with Crippen LogP contribution in [-0.4, -0.2) is 36.9 Å². The molecule has 1 atom stereocenters. The van der Waals surface area contributed by atoms with Gasteiger partial charge in [0.15, 0.2) is 0 Å². The number of rotatable bonds is 9. The third kappa shape index (κ3) is 6.37. The highest BCUT2D eigenvalue weighted by atomic mass is 16.5. The third-order valence-electron chi connectivity index (χ3n) is 3.87. The Morgan fingerprint density at radius 1 is 0.852 bits per heavy atom. The molecule has 5 heteroatoms. The third-order valence-corrected chi connectivity index (χ3v) is 3.87. The predicted molar refractivity (Wildman–Crippen MR) is 105 cm³/mol. The van der Waals surface area contributed by atoms with E-state index >= 15 is 0 Å². The zero-order chi connectivity index (χ0) is 19.5. The molecule has 1 unspecified atom stereocenters. The molecule has 0 radical (unpaired) electrons. The minimum absolute atomic E-state index is 0.109. The highest BCUT2D eigenvalue weighted by molar-refractivity contribution is 6.13. The molecule has 0 saturated heterocycles. The van der Waals surface area contributed by atoms with Crippen LogP contribution < -0.4 is 0 Å². The minimum Gasteiger partial charge on any atom is -0.466 e. The molecule has 5 nitrogen and oxygen atoms in total. The number of ether oxygens (including phenoxy) is 2. The molecule has 0 bridgehead atoms. The van der Waals surface area contributed by atoms with E-state index in [0.29, 0.717) is 12.3 Å². The molecule has 2 rings (SSSR count). The van der Waals surface area contributed by atoms with Crippen molar-refractivity contribution in [3.8, 4) is 0 Å². The van der Waals surface area contributed by atoms with Crippen LogP contribution >= 0.6 is 0 Å². The highest BCUT2D eigenvalue weighted by Crippen LogP contribution is 2.15. The lowest BCUT2D eigenvalue weighted by molar-refractivity contribution is -0.146. The van der Waals surface area contributed by atoms with Crippen molar-refractivity contribution in [2.24, 2.45) is 4.99 Å². The maximum absolute atomic E-state index is 12.4. The largest absolute Gasteiger partial charge is 0.466 e. The Morgan fingerprint density at radius 3 is 1.85 bits per heavy atom. The molecule has 2 aromatic carbocycles. The fraction of sp³-hybridized carbons (Fsp3) is 0.318. The topological polar surface area (TPSA) is 65.0 Å². The smallest absolute Gasteiger partial charge is 0.330 e. The van der Waals surface area contributed by atoms with E-state index in [-0.39, 0.29) is 25.4 Å². The molecule has 0 amide bonds. The summed E-state index contributed by atoms with van der Waals surface area (Å²) in [6.45, 7) is 4.07. The van der Waals surface area contributed by atoms with Gasteiger partial charge in [0.25, 0.3) is 0 Å². The number of esters is 2. The first-order valence-electron chi connectivity index (χ1n) is 9.16. The van der Waals surface area contributed by atoms with Gasteiger partial charge in [-0.2, -0.15) is 0 Å². The molecule has 27 heavy (non-hydrogen) atoms. The number of carbonyl (C=O) groups is 2. The first kappa shape index (κ1) is 20.4. The average Bonchev–Trinajstić information content (AvgIpc) is 2.70. The van der Waals surface area contributed by atoms with Crippen molar-refractivity contribution in [3.63, 3.8) is 0 Å². The van der Waals surface area contributed by atoms with Gasteiger partial charge in [-0.3, -0.25) is 9.79 Å². The van der Waals surface area contributed by atoms with Gasteiger partial charge in [-0.25, -0.2) is 4.79 Å². The van der Waals surface area contributed by atoms with Gasteiger partial charge in [-0.05, 0) is 20.3 Å². The number of hydrogen-bond acceptors (Lipinski definition) is 5. The van der Waals surface area contributed by atoms with Crippen molar-refractivity contribution < 1.29 is 19.1 Å². The predicted octanol–water partition coefficient (Wildman–Crippen LogP) is 3.80. The number of hydrogen-bond donors (Lipinski definition) is 0. The molecule has 0 fully saturated rings. The SMILES string of the molecule is CCOC(=O)CCC(N=C(c1ccccc1)c1ccccc1)C(=O)OCC. The zero-order valence-corrected chi connectivity index (χ0v) is 15.8. The minimum atomic E-state index is -0.773. The summed E-state index contributed by atoms with van der Waals surface area (Å²) in [6.07, 6.45) is 0.346. The van der Waals surface area contributed by atoms with Gasteiger partial charge in [-0.15, -0.1) is 0 Å². The fourth-order valence-electron chi connectivity index (χ4n) is 2.62. The summed E-state index contributed by atoms with van der Waals surface area (Å²) in [5.41, 5.74) is 2.49. The summed E-state index contributed by atoms with van der Waals surface area (Å²) >= 11 is 0. The number of nitrogens with zero attached hydrogens (tertiary/aromatic N) is 1. The van der Waals surface area contributed by atoms with E-state index in [9.17, 15) is 9.59 Å². The van der Waals surface area contributed by atoms with Crippen molar-refractivity contribution >= 4 is 17.7 Å². The zero-order valence-electron chi connectivity index (χ0n) is 15.8. The van der Waals surface area contributed by atoms with E-state index < -0.39 is 12.0 Å². The Kier molecular flexibility index (Phi) is 8.23. The van der Waals surface area contributed by atoms with Crippen molar-refractivity contribution in [2.45, 2.75) is 32.7 Å². The van der Waals surface area contributed by atoms with Crippen LogP contribution in [-0.2, 0) is 19.1 Å². The van der Waals surface area contributed by atoms with Gasteiger partial charge in [-0.1, -0.05) is 60.7 Å². The van der Waals surface area contributed by atoms with Gasteiger partial charge in [0, 0.05) is 17.5 Å². The maximum Gasteiger partial charge on any atom is 0.330 e. The Hall–Kier alpha value is -2.95. The van der Waals surface area contributed by atoms with Crippen LogP contribution in [0.2, 0.25) is 0 Å². The Bertz CT molecular complexity index is 715. The van der Waals surface area contributed by atoms with Crippen molar-refractivity contribution in [2.75, 3.05) is 13.2 Å².